The third-order valence-electron chi connectivity index (χ3n) is 3.76. The predicted molar refractivity (Wildman–Crippen MR) is 94.2 cm³/mol. The molecule has 1 aromatic heterocycles. The van der Waals surface area contributed by atoms with Crippen molar-refractivity contribution in [3.63, 3.8) is 0 Å². The Hall–Kier alpha value is -2.48. The number of halogens is 1. The van der Waals surface area contributed by atoms with Crippen LogP contribution in [0.2, 0.25) is 0 Å². The van der Waals surface area contributed by atoms with Crippen molar-refractivity contribution in [1.82, 2.24) is 15.2 Å². The van der Waals surface area contributed by atoms with E-state index in [1.807, 2.05) is 13.8 Å². The largest absolute Gasteiger partial charge is 0.336 e. The Bertz CT molecular complexity index is 806. The van der Waals surface area contributed by atoms with Gasteiger partial charge in [-0.3, -0.25) is 10.1 Å². The first-order valence-corrected chi connectivity index (χ1v) is 8.85. The number of carbonyl (C=O) groups excluding carboxylic acids is 2. The molecule has 0 aliphatic carbocycles. The number of aromatic nitrogens is 1. The van der Waals surface area contributed by atoms with Crippen LogP contribution in [0.3, 0.4) is 0 Å². The number of nitrogens with zero attached hydrogens (tertiary/aromatic N) is 2. The molecule has 132 valence electrons. The van der Waals surface area contributed by atoms with Crippen LogP contribution in [0.1, 0.15) is 34.8 Å². The van der Waals surface area contributed by atoms with Crippen LogP contribution in [0.15, 0.2) is 24.3 Å². The standard InChI is InChI=1S/C17H19FN4O2S/c1-10(2)19-16(24)21-17-20-13-7-8-22(9-14(13)25-17)15(23)11-5-3-4-6-12(11)18/h3-6,10H,7-9H2,1-2H3,(H2,19,20,21,24). The van der Waals surface area contributed by atoms with Gasteiger partial charge in [-0.25, -0.2) is 14.2 Å². The molecule has 1 aliphatic rings. The smallest absolute Gasteiger partial charge is 0.321 e. The minimum absolute atomic E-state index is 0.0310. The Kier molecular flexibility index (Phi) is 4.98. The van der Waals surface area contributed by atoms with Gasteiger partial charge in [0.15, 0.2) is 5.13 Å². The molecular weight excluding hydrogens is 343 g/mol. The van der Waals surface area contributed by atoms with E-state index in [-0.39, 0.29) is 23.5 Å². The van der Waals surface area contributed by atoms with Crippen molar-refractivity contribution in [3.8, 4) is 0 Å². The Labute approximate surface area is 149 Å². The Morgan fingerprint density at radius 2 is 2.08 bits per heavy atom. The first-order valence-electron chi connectivity index (χ1n) is 8.04. The fourth-order valence-electron chi connectivity index (χ4n) is 2.62. The SMILES string of the molecule is CC(C)NC(=O)Nc1nc2c(s1)CN(C(=O)c1ccccc1F)CC2. The highest BCUT2D eigenvalue weighted by atomic mass is 32.1. The highest BCUT2D eigenvalue weighted by Gasteiger charge is 2.26. The fraction of sp³-hybridized carbons (Fsp3) is 0.353. The number of thiazole rings is 1. The molecule has 0 fully saturated rings. The number of fused-ring (bicyclic) bond motifs is 1. The topological polar surface area (TPSA) is 74.3 Å². The highest BCUT2D eigenvalue weighted by Crippen LogP contribution is 2.29. The Balaban J connectivity index is 1.70. The Morgan fingerprint density at radius 3 is 2.80 bits per heavy atom. The molecule has 0 spiro atoms. The van der Waals surface area contributed by atoms with Gasteiger partial charge < -0.3 is 10.2 Å². The summed E-state index contributed by atoms with van der Waals surface area (Å²) in [6, 6.07) is 5.70. The maximum absolute atomic E-state index is 13.8. The number of amides is 3. The molecule has 0 unspecified atom stereocenters. The number of nitrogens with one attached hydrogen (secondary N) is 2. The lowest BCUT2D eigenvalue weighted by molar-refractivity contribution is 0.0731. The van der Waals surface area contributed by atoms with Gasteiger partial charge in [-0.05, 0) is 26.0 Å². The van der Waals surface area contributed by atoms with E-state index in [0.29, 0.717) is 24.6 Å². The molecule has 1 aromatic carbocycles. The van der Waals surface area contributed by atoms with Crippen molar-refractivity contribution in [1.29, 1.82) is 0 Å². The summed E-state index contributed by atoms with van der Waals surface area (Å²) in [6.45, 7) is 4.59. The number of benzene rings is 1. The van der Waals surface area contributed by atoms with Crippen LogP contribution in [0.25, 0.3) is 0 Å². The maximum Gasteiger partial charge on any atom is 0.321 e. The van der Waals surface area contributed by atoms with Gasteiger partial charge in [0.1, 0.15) is 5.82 Å². The Morgan fingerprint density at radius 1 is 1.32 bits per heavy atom. The van der Waals surface area contributed by atoms with Crippen molar-refractivity contribution in [2.45, 2.75) is 32.9 Å². The molecule has 2 aromatic rings. The molecule has 0 radical (unpaired) electrons. The lowest BCUT2D eigenvalue weighted by Gasteiger charge is -2.26. The van der Waals surface area contributed by atoms with E-state index >= 15 is 0 Å². The quantitative estimate of drug-likeness (QED) is 0.881. The molecule has 6 nitrogen and oxygen atoms in total. The molecule has 0 bridgehead atoms. The van der Waals surface area contributed by atoms with Crippen LogP contribution in [-0.2, 0) is 13.0 Å². The van der Waals surface area contributed by atoms with Crippen molar-refractivity contribution in [3.05, 3.63) is 46.2 Å². The van der Waals surface area contributed by atoms with Gasteiger partial charge in [0.2, 0.25) is 0 Å². The predicted octanol–water partition coefficient (Wildman–Crippen LogP) is 3.01. The van der Waals surface area contributed by atoms with Crippen LogP contribution in [-0.4, -0.2) is 34.4 Å². The van der Waals surface area contributed by atoms with E-state index in [0.717, 1.165) is 10.6 Å². The second-order valence-corrected chi connectivity index (χ2v) is 7.18. The molecule has 0 saturated heterocycles. The molecule has 3 rings (SSSR count). The van der Waals surface area contributed by atoms with Crippen molar-refractivity contribution < 1.29 is 14.0 Å². The summed E-state index contributed by atoms with van der Waals surface area (Å²) in [5.41, 5.74) is 0.951. The van der Waals surface area contributed by atoms with Gasteiger partial charge in [0.25, 0.3) is 5.91 Å². The van der Waals surface area contributed by atoms with Crippen LogP contribution in [0, 0.1) is 5.82 Å². The molecule has 25 heavy (non-hydrogen) atoms. The van der Waals surface area contributed by atoms with Crippen LogP contribution in [0.4, 0.5) is 14.3 Å². The van der Waals surface area contributed by atoms with Gasteiger partial charge in [-0.2, -0.15) is 0 Å². The summed E-state index contributed by atoms with van der Waals surface area (Å²) in [5, 5.41) is 5.95. The molecular formula is C17H19FN4O2S. The van der Waals surface area contributed by atoms with Crippen LogP contribution >= 0.6 is 11.3 Å². The van der Waals surface area contributed by atoms with E-state index in [2.05, 4.69) is 15.6 Å². The molecule has 0 atom stereocenters. The zero-order valence-corrected chi connectivity index (χ0v) is 14.8. The van der Waals surface area contributed by atoms with E-state index in [1.54, 1.807) is 17.0 Å². The second kappa shape index (κ2) is 7.18. The highest BCUT2D eigenvalue weighted by molar-refractivity contribution is 7.15. The maximum atomic E-state index is 13.8. The first-order chi connectivity index (χ1) is 11.9. The number of hydrogen-bond donors (Lipinski definition) is 2. The monoisotopic (exact) mass is 362 g/mol. The normalized spacial score (nSPS) is 13.5. The van der Waals surface area contributed by atoms with Gasteiger partial charge in [-0.1, -0.05) is 23.5 Å². The van der Waals surface area contributed by atoms with Crippen LogP contribution < -0.4 is 10.6 Å². The summed E-state index contributed by atoms with van der Waals surface area (Å²) in [7, 11) is 0. The zero-order chi connectivity index (χ0) is 18.0. The van der Waals surface area contributed by atoms with Gasteiger partial charge in [-0.15, -0.1) is 0 Å². The minimum Gasteiger partial charge on any atom is -0.336 e. The molecule has 2 N–H and O–H groups in total. The van der Waals surface area contributed by atoms with Crippen molar-refractivity contribution in [2.75, 3.05) is 11.9 Å². The number of urea groups is 1. The summed E-state index contributed by atoms with van der Waals surface area (Å²) < 4.78 is 13.8. The molecule has 3 amide bonds. The summed E-state index contributed by atoms with van der Waals surface area (Å²) in [5.74, 6) is -0.848. The third-order valence-corrected chi connectivity index (χ3v) is 4.76. The summed E-state index contributed by atoms with van der Waals surface area (Å²) in [4.78, 5) is 31.2. The number of hydrogen-bond acceptors (Lipinski definition) is 4. The molecule has 1 aliphatic heterocycles. The number of carbonyl (C=O) groups is 2. The average molecular weight is 362 g/mol. The second-order valence-electron chi connectivity index (χ2n) is 6.10. The van der Waals surface area contributed by atoms with Crippen molar-refractivity contribution in [2.24, 2.45) is 0 Å². The molecule has 8 heteroatoms. The first kappa shape index (κ1) is 17.3. The van der Waals surface area contributed by atoms with Gasteiger partial charge >= 0.3 is 6.03 Å². The van der Waals surface area contributed by atoms with E-state index in [4.69, 9.17) is 0 Å². The molecule has 2 heterocycles. The van der Waals surface area contributed by atoms with E-state index in [1.165, 1.54) is 23.5 Å². The number of rotatable bonds is 3. The summed E-state index contributed by atoms with van der Waals surface area (Å²) >= 11 is 1.34. The van der Waals surface area contributed by atoms with Gasteiger partial charge in [0, 0.05) is 23.9 Å². The zero-order valence-electron chi connectivity index (χ0n) is 14.0. The van der Waals surface area contributed by atoms with Crippen molar-refractivity contribution >= 4 is 28.4 Å². The van der Waals surface area contributed by atoms with Crippen LogP contribution in [0.5, 0.6) is 0 Å². The number of anilines is 1. The molecule has 0 saturated carbocycles. The minimum atomic E-state index is -0.518. The lowest BCUT2D eigenvalue weighted by Crippen LogP contribution is -2.36. The lowest BCUT2D eigenvalue weighted by atomic mass is 10.1. The fourth-order valence-corrected chi connectivity index (χ4v) is 3.64. The van der Waals surface area contributed by atoms with E-state index in [9.17, 15) is 14.0 Å². The summed E-state index contributed by atoms with van der Waals surface area (Å²) in [6.07, 6.45) is 0.583. The average Bonchev–Trinajstić information content (AvgIpc) is 2.94. The van der Waals surface area contributed by atoms with Gasteiger partial charge in [0.05, 0.1) is 17.8 Å². The van der Waals surface area contributed by atoms with E-state index < -0.39 is 5.82 Å². The third kappa shape index (κ3) is 3.96.